The van der Waals surface area contributed by atoms with Gasteiger partial charge in [0, 0.05) is 11.1 Å². The lowest BCUT2D eigenvalue weighted by atomic mass is 9.90. The third kappa shape index (κ3) is 2.16. The Kier molecular flexibility index (Phi) is 2.73. The highest BCUT2D eigenvalue weighted by molar-refractivity contribution is 6.31. The predicted molar refractivity (Wildman–Crippen MR) is 60.4 cm³/mol. The van der Waals surface area contributed by atoms with Crippen LogP contribution in [0, 0.1) is 11.2 Å². The van der Waals surface area contributed by atoms with Gasteiger partial charge in [0.25, 0.3) is 0 Å². The normalized spacial score (nSPS) is 20.0. The molecule has 0 amide bonds. The van der Waals surface area contributed by atoms with Crippen LogP contribution in [0.4, 0.5) is 4.39 Å². The van der Waals surface area contributed by atoms with E-state index in [2.05, 4.69) is 0 Å². The molecule has 1 unspecified atom stereocenters. The monoisotopic (exact) mass is 227 g/mol. The minimum Gasteiger partial charge on any atom is -0.327 e. The first-order chi connectivity index (χ1) is 7.03. The second-order valence-corrected chi connectivity index (χ2v) is 4.97. The summed E-state index contributed by atoms with van der Waals surface area (Å²) in [5.74, 6) is -0.227. The molecule has 1 aromatic carbocycles. The minimum atomic E-state index is -0.227. The third-order valence-electron chi connectivity index (χ3n) is 3.41. The molecule has 1 aromatic rings. The summed E-state index contributed by atoms with van der Waals surface area (Å²) in [7, 11) is 0. The molecular formula is C12H15ClFN. The fourth-order valence-electron chi connectivity index (χ4n) is 2.01. The molecule has 0 aliphatic heterocycles. The van der Waals surface area contributed by atoms with E-state index >= 15 is 0 Å². The maximum absolute atomic E-state index is 13.1. The second kappa shape index (κ2) is 3.76. The maximum Gasteiger partial charge on any atom is 0.123 e. The van der Waals surface area contributed by atoms with Gasteiger partial charge in [0.1, 0.15) is 5.82 Å². The van der Waals surface area contributed by atoms with Crippen LogP contribution in [0.3, 0.4) is 0 Å². The van der Waals surface area contributed by atoms with Crippen LogP contribution in [-0.4, -0.2) is 6.04 Å². The fraction of sp³-hybridized carbons (Fsp3) is 0.500. The first-order valence-electron chi connectivity index (χ1n) is 5.23. The van der Waals surface area contributed by atoms with E-state index in [1.165, 1.54) is 12.1 Å². The molecule has 1 aliphatic carbocycles. The third-order valence-corrected chi connectivity index (χ3v) is 3.78. The molecule has 1 atom stereocenters. The molecule has 15 heavy (non-hydrogen) atoms. The van der Waals surface area contributed by atoms with E-state index in [4.69, 9.17) is 17.3 Å². The molecule has 1 aliphatic rings. The van der Waals surface area contributed by atoms with Crippen LogP contribution in [-0.2, 0) is 6.42 Å². The molecule has 0 saturated heterocycles. The zero-order valence-corrected chi connectivity index (χ0v) is 9.52. The largest absolute Gasteiger partial charge is 0.327 e. The van der Waals surface area contributed by atoms with Crippen molar-refractivity contribution in [3.63, 3.8) is 0 Å². The van der Waals surface area contributed by atoms with Gasteiger partial charge in [-0.25, -0.2) is 4.39 Å². The zero-order chi connectivity index (χ0) is 11.1. The van der Waals surface area contributed by atoms with E-state index < -0.39 is 0 Å². The molecule has 3 heteroatoms. The summed E-state index contributed by atoms with van der Waals surface area (Å²) in [5.41, 5.74) is 6.98. The lowest BCUT2D eigenvalue weighted by Crippen LogP contribution is -2.29. The van der Waals surface area contributed by atoms with Crippen LogP contribution in [0.1, 0.15) is 25.3 Å². The van der Waals surface area contributed by atoms with Crippen molar-refractivity contribution in [3.8, 4) is 0 Å². The highest BCUT2D eigenvalue weighted by atomic mass is 35.5. The quantitative estimate of drug-likeness (QED) is 0.844. The van der Waals surface area contributed by atoms with Crippen LogP contribution < -0.4 is 5.73 Å². The van der Waals surface area contributed by atoms with Crippen LogP contribution in [0.2, 0.25) is 5.02 Å². The van der Waals surface area contributed by atoms with Gasteiger partial charge in [-0.05, 0) is 55.4 Å². The molecule has 82 valence electrons. The number of hydrogen-bond acceptors (Lipinski definition) is 1. The summed E-state index contributed by atoms with van der Waals surface area (Å²) < 4.78 is 13.1. The standard InChI is InChI=1S/C12H15ClFN/c1-8(15)12(4-5-12)7-9-6-10(14)2-3-11(9)13/h2-3,6,8H,4-5,7,15H2,1H3. The van der Waals surface area contributed by atoms with Gasteiger partial charge in [-0.3, -0.25) is 0 Å². The smallest absolute Gasteiger partial charge is 0.123 e. The van der Waals surface area contributed by atoms with Gasteiger partial charge < -0.3 is 5.73 Å². The SMILES string of the molecule is CC(N)C1(Cc2cc(F)ccc2Cl)CC1. The van der Waals surface area contributed by atoms with E-state index in [1.807, 2.05) is 6.92 Å². The van der Waals surface area contributed by atoms with Crippen molar-refractivity contribution in [2.24, 2.45) is 11.1 Å². The number of nitrogens with two attached hydrogens (primary N) is 1. The van der Waals surface area contributed by atoms with Crippen molar-refractivity contribution < 1.29 is 4.39 Å². The van der Waals surface area contributed by atoms with E-state index in [-0.39, 0.29) is 17.3 Å². The van der Waals surface area contributed by atoms with Gasteiger partial charge in [-0.1, -0.05) is 11.6 Å². The molecule has 1 fully saturated rings. The Hall–Kier alpha value is -0.600. The maximum atomic E-state index is 13.1. The average Bonchev–Trinajstić information content (AvgIpc) is 2.92. The second-order valence-electron chi connectivity index (χ2n) is 4.56. The summed E-state index contributed by atoms with van der Waals surface area (Å²) >= 11 is 6.03. The van der Waals surface area contributed by atoms with Gasteiger partial charge >= 0.3 is 0 Å². The van der Waals surface area contributed by atoms with Crippen molar-refractivity contribution in [1.82, 2.24) is 0 Å². The predicted octanol–water partition coefficient (Wildman–Crippen LogP) is 3.15. The topological polar surface area (TPSA) is 26.0 Å². The lowest BCUT2D eigenvalue weighted by Gasteiger charge is -2.20. The Balaban J connectivity index is 2.21. The fourth-order valence-corrected chi connectivity index (χ4v) is 2.20. The molecule has 2 N–H and O–H groups in total. The van der Waals surface area contributed by atoms with E-state index in [1.54, 1.807) is 6.07 Å². The van der Waals surface area contributed by atoms with Crippen molar-refractivity contribution >= 4 is 11.6 Å². The van der Waals surface area contributed by atoms with Crippen molar-refractivity contribution in [3.05, 3.63) is 34.6 Å². The first kappa shape index (κ1) is 10.9. The molecule has 2 rings (SSSR count). The number of hydrogen-bond donors (Lipinski definition) is 1. The van der Waals surface area contributed by atoms with E-state index in [0.717, 1.165) is 24.8 Å². The van der Waals surface area contributed by atoms with Crippen molar-refractivity contribution in [1.29, 1.82) is 0 Å². The highest BCUT2D eigenvalue weighted by Gasteiger charge is 2.45. The van der Waals surface area contributed by atoms with Crippen LogP contribution in [0.25, 0.3) is 0 Å². The van der Waals surface area contributed by atoms with Gasteiger partial charge in [0.05, 0.1) is 0 Å². The first-order valence-corrected chi connectivity index (χ1v) is 5.61. The average molecular weight is 228 g/mol. The van der Waals surface area contributed by atoms with Gasteiger partial charge in [0.15, 0.2) is 0 Å². The Morgan fingerprint density at radius 1 is 1.53 bits per heavy atom. The van der Waals surface area contributed by atoms with Crippen LogP contribution in [0.15, 0.2) is 18.2 Å². The Labute approximate surface area is 94.4 Å². The van der Waals surface area contributed by atoms with Crippen molar-refractivity contribution in [2.45, 2.75) is 32.2 Å². The summed E-state index contributed by atoms with van der Waals surface area (Å²) in [6.07, 6.45) is 3.04. The van der Waals surface area contributed by atoms with E-state index in [0.29, 0.717) is 5.02 Å². The lowest BCUT2D eigenvalue weighted by molar-refractivity contribution is 0.418. The van der Waals surface area contributed by atoms with Gasteiger partial charge in [0.2, 0.25) is 0 Å². The minimum absolute atomic E-state index is 0.150. The summed E-state index contributed by atoms with van der Waals surface area (Å²) in [5, 5.41) is 0.642. The van der Waals surface area contributed by atoms with Crippen LogP contribution >= 0.6 is 11.6 Å². The summed E-state index contributed by atoms with van der Waals surface area (Å²) in [6.45, 7) is 2.01. The van der Waals surface area contributed by atoms with E-state index in [9.17, 15) is 4.39 Å². The van der Waals surface area contributed by atoms with Crippen LogP contribution in [0.5, 0.6) is 0 Å². The van der Waals surface area contributed by atoms with Crippen molar-refractivity contribution in [2.75, 3.05) is 0 Å². The molecule has 0 spiro atoms. The molecule has 0 radical (unpaired) electrons. The summed E-state index contributed by atoms with van der Waals surface area (Å²) in [4.78, 5) is 0. The number of benzene rings is 1. The zero-order valence-electron chi connectivity index (χ0n) is 8.76. The highest BCUT2D eigenvalue weighted by Crippen LogP contribution is 2.51. The number of rotatable bonds is 3. The Bertz CT molecular complexity index is 372. The molecule has 0 aromatic heterocycles. The molecule has 0 heterocycles. The van der Waals surface area contributed by atoms with Gasteiger partial charge in [-0.15, -0.1) is 0 Å². The summed E-state index contributed by atoms with van der Waals surface area (Å²) in [6, 6.07) is 4.67. The Morgan fingerprint density at radius 3 is 2.73 bits per heavy atom. The molecule has 0 bridgehead atoms. The Morgan fingerprint density at radius 2 is 2.20 bits per heavy atom. The molecular weight excluding hydrogens is 213 g/mol. The number of halogens is 2. The molecule has 1 saturated carbocycles. The molecule has 1 nitrogen and oxygen atoms in total. The van der Waals surface area contributed by atoms with Gasteiger partial charge in [-0.2, -0.15) is 0 Å².